The summed E-state index contributed by atoms with van der Waals surface area (Å²) in [4.78, 5) is 16.2. The van der Waals surface area contributed by atoms with E-state index < -0.39 is 10.0 Å². The van der Waals surface area contributed by atoms with Gasteiger partial charge in [0.15, 0.2) is 0 Å². The van der Waals surface area contributed by atoms with Crippen LogP contribution in [0.15, 0.2) is 11.0 Å². The van der Waals surface area contributed by atoms with Gasteiger partial charge in [-0.1, -0.05) is 0 Å². The maximum atomic E-state index is 12.8. The number of amides is 1. The Hall–Kier alpha value is -0.670. The third-order valence-corrected chi connectivity index (χ3v) is 7.73. The first kappa shape index (κ1) is 20.6. The molecule has 2 aliphatic rings. The van der Waals surface area contributed by atoms with Gasteiger partial charge in [-0.3, -0.25) is 4.79 Å². The van der Waals surface area contributed by atoms with Gasteiger partial charge in [0.1, 0.15) is 0 Å². The van der Waals surface area contributed by atoms with Crippen molar-refractivity contribution in [1.29, 1.82) is 0 Å². The molecule has 1 saturated carbocycles. The molecule has 9 heteroatoms. The van der Waals surface area contributed by atoms with E-state index >= 15 is 0 Å². The van der Waals surface area contributed by atoms with Crippen molar-refractivity contribution in [3.63, 3.8) is 0 Å². The fourth-order valence-corrected chi connectivity index (χ4v) is 5.94. The second-order valence-electron chi connectivity index (χ2n) is 6.64. The van der Waals surface area contributed by atoms with Crippen LogP contribution in [0.2, 0.25) is 0 Å². The molecule has 2 heterocycles. The molecule has 1 amide bonds. The average Bonchev–Trinajstić information content (AvgIpc) is 3.30. The van der Waals surface area contributed by atoms with Crippen molar-refractivity contribution < 1.29 is 13.2 Å². The Morgan fingerprint density at radius 1 is 1.24 bits per heavy atom. The zero-order valence-corrected chi connectivity index (χ0v) is 17.1. The first-order valence-electron chi connectivity index (χ1n) is 8.43. The van der Waals surface area contributed by atoms with E-state index in [1.54, 1.807) is 11.0 Å². The third kappa shape index (κ3) is 4.95. The second-order valence-corrected chi connectivity index (χ2v) is 10.0. The maximum absolute atomic E-state index is 12.8. The summed E-state index contributed by atoms with van der Waals surface area (Å²) in [5.74, 6) is 0.812. The molecule has 6 nitrogen and oxygen atoms in total. The van der Waals surface area contributed by atoms with Crippen LogP contribution in [0.4, 0.5) is 0 Å². The van der Waals surface area contributed by atoms with Gasteiger partial charge in [-0.25, -0.2) is 8.42 Å². The molecule has 25 heavy (non-hydrogen) atoms. The van der Waals surface area contributed by atoms with E-state index in [1.165, 1.54) is 28.5 Å². The zero-order valence-electron chi connectivity index (χ0n) is 14.7. The number of piperazine rings is 1. The highest BCUT2D eigenvalue weighted by atomic mass is 35.5. The number of nitrogens with one attached hydrogen (secondary N) is 1. The Bertz CT molecular complexity index is 708. The fourth-order valence-electron chi connectivity index (χ4n) is 3.00. The molecule has 3 rings (SSSR count). The van der Waals surface area contributed by atoms with Crippen LogP contribution < -0.4 is 5.32 Å². The van der Waals surface area contributed by atoms with Crippen molar-refractivity contribution >= 4 is 39.7 Å². The van der Waals surface area contributed by atoms with Crippen molar-refractivity contribution in [3.05, 3.63) is 15.8 Å². The number of rotatable bonds is 6. The molecule has 142 valence electrons. The minimum Gasteiger partial charge on any atom is -0.339 e. The Balaban J connectivity index is 0.00000225. The normalized spacial score (nSPS) is 18.9. The molecule has 0 unspecified atom stereocenters. The number of halogens is 1. The van der Waals surface area contributed by atoms with Crippen LogP contribution in [0.1, 0.15) is 22.6 Å². The van der Waals surface area contributed by atoms with Crippen LogP contribution in [0.25, 0.3) is 0 Å². The van der Waals surface area contributed by atoms with Gasteiger partial charge >= 0.3 is 0 Å². The van der Waals surface area contributed by atoms with Crippen LogP contribution in [-0.4, -0.2) is 62.8 Å². The van der Waals surface area contributed by atoms with Gasteiger partial charge in [-0.2, -0.15) is 4.31 Å². The Labute approximate surface area is 160 Å². The van der Waals surface area contributed by atoms with Crippen LogP contribution in [0.3, 0.4) is 0 Å². The predicted octanol–water partition coefficient (Wildman–Crippen LogP) is 1.62. The minimum atomic E-state index is -3.45. The molecule has 1 aromatic rings. The number of sulfonamides is 1. The van der Waals surface area contributed by atoms with E-state index in [0.717, 1.165) is 22.2 Å². The minimum absolute atomic E-state index is 0. The van der Waals surface area contributed by atoms with Gasteiger partial charge in [0.05, 0.1) is 11.4 Å². The van der Waals surface area contributed by atoms with Crippen molar-refractivity contribution in [2.45, 2.75) is 31.6 Å². The zero-order chi connectivity index (χ0) is 17.3. The topological polar surface area (TPSA) is 69.7 Å². The number of thiophene rings is 1. The summed E-state index contributed by atoms with van der Waals surface area (Å²) in [7, 11) is -3.45. The number of carbonyl (C=O) groups is 1. The van der Waals surface area contributed by atoms with Crippen LogP contribution in [0.5, 0.6) is 0 Å². The molecule has 0 spiro atoms. The average molecular weight is 408 g/mol. The van der Waals surface area contributed by atoms with Gasteiger partial charge < -0.3 is 10.2 Å². The number of hydrogen-bond acceptors (Lipinski definition) is 5. The summed E-state index contributed by atoms with van der Waals surface area (Å²) in [5, 5.41) is 3.20. The lowest BCUT2D eigenvalue weighted by molar-refractivity contribution is -0.131. The van der Waals surface area contributed by atoms with E-state index in [1.807, 2.05) is 13.8 Å². The van der Waals surface area contributed by atoms with Crippen molar-refractivity contribution in [1.82, 2.24) is 14.5 Å². The number of nitrogens with zero attached hydrogens (tertiary/aromatic N) is 2. The molecule has 1 aliphatic carbocycles. The van der Waals surface area contributed by atoms with Gasteiger partial charge in [-0.15, -0.1) is 23.7 Å². The first-order valence-corrected chi connectivity index (χ1v) is 10.7. The third-order valence-electron chi connectivity index (χ3n) is 4.61. The lowest BCUT2D eigenvalue weighted by atomic mass is 10.3. The first-order chi connectivity index (χ1) is 11.4. The van der Waals surface area contributed by atoms with Crippen molar-refractivity contribution in [2.75, 3.05) is 39.3 Å². The molecule has 2 fully saturated rings. The lowest BCUT2D eigenvalue weighted by Crippen LogP contribution is -2.52. The Morgan fingerprint density at radius 3 is 2.40 bits per heavy atom. The van der Waals surface area contributed by atoms with E-state index in [4.69, 9.17) is 0 Å². The molecule has 1 aromatic heterocycles. The summed E-state index contributed by atoms with van der Waals surface area (Å²) in [5.41, 5.74) is 0. The van der Waals surface area contributed by atoms with Crippen LogP contribution in [-0.2, 0) is 14.8 Å². The Kier molecular flexibility index (Phi) is 6.89. The maximum Gasteiger partial charge on any atom is 0.244 e. The fraction of sp³-hybridized carbons (Fsp3) is 0.688. The summed E-state index contributed by atoms with van der Waals surface area (Å²) >= 11 is 1.50. The molecule has 0 aromatic carbocycles. The lowest BCUT2D eigenvalue weighted by Gasteiger charge is -2.34. The van der Waals surface area contributed by atoms with Gasteiger partial charge in [0.25, 0.3) is 0 Å². The number of hydrogen-bond donors (Lipinski definition) is 1. The molecular weight excluding hydrogens is 382 g/mol. The number of carbonyl (C=O) groups excluding carboxylic acids is 1. The van der Waals surface area contributed by atoms with Crippen molar-refractivity contribution in [3.8, 4) is 0 Å². The predicted molar refractivity (Wildman–Crippen MR) is 102 cm³/mol. The van der Waals surface area contributed by atoms with Crippen LogP contribution in [0, 0.1) is 19.8 Å². The SMILES string of the molecule is Cc1cc(S(=O)(=O)N2CCN(C(=O)CNCC3CC3)CC2)c(C)s1.Cl. The van der Waals surface area contributed by atoms with E-state index in [-0.39, 0.29) is 18.3 Å². The van der Waals surface area contributed by atoms with Gasteiger partial charge in [-0.05, 0) is 45.2 Å². The van der Waals surface area contributed by atoms with E-state index in [0.29, 0.717) is 37.6 Å². The summed E-state index contributed by atoms with van der Waals surface area (Å²) in [6, 6.07) is 1.74. The highest BCUT2D eigenvalue weighted by Gasteiger charge is 2.31. The standard InChI is InChI=1S/C16H25N3O3S2.ClH/c1-12-9-15(13(2)23-12)24(21,22)19-7-5-18(6-8-19)16(20)11-17-10-14-3-4-14;/h9,14,17H,3-8,10-11H2,1-2H3;1H. The molecule has 0 radical (unpaired) electrons. The van der Waals surface area contributed by atoms with Gasteiger partial charge in [0, 0.05) is 35.9 Å². The summed E-state index contributed by atoms with van der Waals surface area (Å²) in [6.07, 6.45) is 2.53. The summed E-state index contributed by atoms with van der Waals surface area (Å²) < 4.78 is 27.0. The molecule has 0 bridgehead atoms. The van der Waals surface area contributed by atoms with Crippen molar-refractivity contribution in [2.24, 2.45) is 5.92 Å². The van der Waals surface area contributed by atoms with Gasteiger partial charge in [0.2, 0.25) is 15.9 Å². The highest BCUT2D eigenvalue weighted by Crippen LogP contribution is 2.28. The highest BCUT2D eigenvalue weighted by molar-refractivity contribution is 7.89. The molecular formula is C16H26ClN3O3S2. The Morgan fingerprint density at radius 2 is 1.88 bits per heavy atom. The quantitative estimate of drug-likeness (QED) is 0.777. The largest absolute Gasteiger partial charge is 0.339 e. The van der Waals surface area contributed by atoms with E-state index in [2.05, 4.69) is 5.32 Å². The number of aryl methyl sites for hydroxylation is 2. The molecule has 1 aliphatic heterocycles. The molecule has 1 saturated heterocycles. The molecule has 1 N–H and O–H groups in total. The second kappa shape index (κ2) is 8.35. The smallest absolute Gasteiger partial charge is 0.244 e. The van der Waals surface area contributed by atoms with E-state index in [9.17, 15) is 13.2 Å². The molecule has 0 atom stereocenters. The van der Waals surface area contributed by atoms with Crippen LogP contribution >= 0.6 is 23.7 Å². The monoisotopic (exact) mass is 407 g/mol. The summed E-state index contributed by atoms with van der Waals surface area (Å²) in [6.45, 7) is 6.69.